The Balaban J connectivity index is 1.81. The van der Waals surface area contributed by atoms with Gasteiger partial charge in [-0.2, -0.15) is 0 Å². The van der Waals surface area contributed by atoms with E-state index < -0.39 is 6.04 Å². The molecule has 0 saturated carbocycles. The normalized spacial score (nSPS) is 21.7. The summed E-state index contributed by atoms with van der Waals surface area (Å²) < 4.78 is 12.9. The largest absolute Gasteiger partial charge is 0.328 e. The van der Waals surface area contributed by atoms with Crippen LogP contribution in [0, 0.1) is 5.82 Å². The van der Waals surface area contributed by atoms with E-state index in [1.165, 1.54) is 12.1 Å². The summed E-state index contributed by atoms with van der Waals surface area (Å²) in [7, 11) is 0. The van der Waals surface area contributed by atoms with E-state index in [1.54, 1.807) is 17.0 Å². The molecule has 0 bridgehead atoms. The Morgan fingerprint density at radius 3 is 2.35 bits per heavy atom. The molecule has 0 radical (unpaired) electrons. The molecular weight excluding hydrogens is 255 g/mol. The van der Waals surface area contributed by atoms with Gasteiger partial charge in [0.05, 0.1) is 6.04 Å². The smallest absolute Gasteiger partial charge is 0.242 e. The average Bonchev–Trinajstić information content (AvgIpc) is 2.49. The number of nitrogens with zero attached hydrogens (tertiary/aromatic N) is 1. The van der Waals surface area contributed by atoms with Crippen molar-refractivity contribution in [3.05, 3.63) is 71.5 Å². The molecule has 1 aliphatic rings. The van der Waals surface area contributed by atoms with E-state index in [4.69, 9.17) is 5.73 Å². The molecule has 3 nitrogen and oxygen atoms in total. The molecule has 0 aliphatic carbocycles. The zero-order valence-corrected chi connectivity index (χ0v) is 10.9. The summed E-state index contributed by atoms with van der Waals surface area (Å²) in [5.41, 5.74) is 7.84. The molecule has 1 fully saturated rings. The van der Waals surface area contributed by atoms with E-state index in [-0.39, 0.29) is 17.8 Å². The van der Waals surface area contributed by atoms with Crippen molar-refractivity contribution in [2.75, 3.05) is 0 Å². The summed E-state index contributed by atoms with van der Waals surface area (Å²) in [6.45, 7) is 0.451. The summed E-state index contributed by atoms with van der Waals surface area (Å²) in [5.74, 6) is -0.344. The van der Waals surface area contributed by atoms with E-state index in [0.717, 1.165) is 11.1 Å². The lowest BCUT2D eigenvalue weighted by atomic mass is 9.88. The van der Waals surface area contributed by atoms with Gasteiger partial charge < -0.3 is 10.6 Å². The van der Waals surface area contributed by atoms with Crippen LogP contribution in [0.2, 0.25) is 0 Å². The molecule has 2 aromatic rings. The maximum absolute atomic E-state index is 12.9. The van der Waals surface area contributed by atoms with Crippen LogP contribution in [-0.2, 0) is 11.3 Å². The van der Waals surface area contributed by atoms with Crippen molar-refractivity contribution in [3.63, 3.8) is 0 Å². The number of carbonyl (C=O) groups is 1. The predicted octanol–water partition coefficient (Wildman–Crippen LogP) is 2.24. The van der Waals surface area contributed by atoms with Crippen molar-refractivity contribution >= 4 is 5.91 Å². The molecule has 20 heavy (non-hydrogen) atoms. The third-order valence-electron chi connectivity index (χ3n) is 3.65. The van der Waals surface area contributed by atoms with Crippen LogP contribution in [0.3, 0.4) is 0 Å². The molecule has 1 aliphatic heterocycles. The summed E-state index contributed by atoms with van der Waals surface area (Å²) in [4.78, 5) is 13.7. The maximum atomic E-state index is 12.9. The van der Waals surface area contributed by atoms with Gasteiger partial charge in [0, 0.05) is 6.54 Å². The first-order chi connectivity index (χ1) is 9.66. The first-order valence-corrected chi connectivity index (χ1v) is 6.52. The van der Waals surface area contributed by atoms with Crippen molar-refractivity contribution in [1.29, 1.82) is 0 Å². The minimum atomic E-state index is -0.488. The third kappa shape index (κ3) is 2.18. The summed E-state index contributed by atoms with van der Waals surface area (Å²) >= 11 is 0. The van der Waals surface area contributed by atoms with E-state index in [9.17, 15) is 9.18 Å². The van der Waals surface area contributed by atoms with Gasteiger partial charge >= 0.3 is 0 Å². The van der Waals surface area contributed by atoms with Crippen molar-refractivity contribution in [3.8, 4) is 0 Å². The van der Waals surface area contributed by atoms with Crippen LogP contribution in [0.4, 0.5) is 4.39 Å². The van der Waals surface area contributed by atoms with E-state index in [1.807, 2.05) is 30.3 Å². The molecule has 4 heteroatoms. The lowest BCUT2D eigenvalue weighted by molar-refractivity contribution is -0.150. The first kappa shape index (κ1) is 12.8. The van der Waals surface area contributed by atoms with Gasteiger partial charge in [0.25, 0.3) is 0 Å². The zero-order chi connectivity index (χ0) is 14.1. The second-order valence-electron chi connectivity index (χ2n) is 4.97. The SMILES string of the molecule is NC1C(=O)N(Cc2ccc(F)cc2)C1c1ccccc1. The molecule has 1 heterocycles. The Kier molecular flexibility index (Phi) is 3.24. The molecule has 2 atom stereocenters. The molecule has 2 N–H and O–H groups in total. The van der Waals surface area contributed by atoms with Gasteiger partial charge in [0.15, 0.2) is 0 Å². The lowest BCUT2D eigenvalue weighted by Crippen LogP contribution is -2.62. The minimum Gasteiger partial charge on any atom is -0.328 e. The predicted molar refractivity (Wildman–Crippen MR) is 74.1 cm³/mol. The Morgan fingerprint density at radius 1 is 1.05 bits per heavy atom. The molecule has 102 valence electrons. The number of carbonyl (C=O) groups excluding carboxylic acids is 1. The van der Waals surface area contributed by atoms with Crippen molar-refractivity contribution in [2.45, 2.75) is 18.6 Å². The molecule has 2 unspecified atom stereocenters. The zero-order valence-electron chi connectivity index (χ0n) is 10.9. The van der Waals surface area contributed by atoms with Gasteiger partial charge in [-0.1, -0.05) is 42.5 Å². The second-order valence-corrected chi connectivity index (χ2v) is 4.97. The van der Waals surface area contributed by atoms with Crippen LogP contribution in [0.25, 0.3) is 0 Å². The van der Waals surface area contributed by atoms with Crippen molar-refractivity contribution in [2.24, 2.45) is 5.73 Å². The van der Waals surface area contributed by atoms with Crippen LogP contribution in [0.15, 0.2) is 54.6 Å². The Morgan fingerprint density at radius 2 is 1.70 bits per heavy atom. The quantitative estimate of drug-likeness (QED) is 0.869. The van der Waals surface area contributed by atoms with Crippen LogP contribution < -0.4 is 5.73 Å². The Hall–Kier alpha value is -2.20. The van der Waals surface area contributed by atoms with E-state index in [2.05, 4.69) is 0 Å². The highest BCUT2D eigenvalue weighted by Gasteiger charge is 2.45. The van der Waals surface area contributed by atoms with E-state index >= 15 is 0 Å². The van der Waals surface area contributed by atoms with Crippen LogP contribution in [0.5, 0.6) is 0 Å². The van der Waals surface area contributed by atoms with Crippen molar-refractivity contribution in [1.82, 2.24) is 4.90 Å². The molecule has 2 aromatic carbocycles. The van der Waals surface area contributed by atoms with Gasteiger partial charge in [-0.15, -0.1) is 0 Å². The monoisotopic (exact) mass is 270 g/mol. The number of hydrogen-bond acceptors (Lipinski definition) is 2. The highest BCUT2D eigenvalue weighted by atomic mass is 19.1. The Labute approximate surface area is 116 Å². The molecular formula is C16H15FN2O. The fourth-order valence-electron chi connectivity index (χ4n) is 2.58. The number of β-lactam (4-membered cyclic amide) rings is 1. The number of halogens is 1. The third-order valence-corrected chi connectivity index (χ3v) is 3.65. The maximum Gasteiger partial charge on any atom is 0.242 e. The topological polar surface area (TPSA) is 46.3 Å². The number of amides is 1. The molecule has 1 amide bonds. The summed E-state index contributed by atoms with van der Waals surface area (Å²) in [5, 5.41) is 0. The standard InChI is InChI=1S/C16H15FN2O/c17-13-8-6-11(7-9-13)10-19-15(14(18)16(19)20)12-4-2-1-3-5-12/h1-9,14-15H,10,18H2. The molecule has 1 saturated heterocycles. The fraction of sp³-hybridized carbons (Fsp3) is 0.188. The number of likely N-dealkylation sites (tertiary alicyclic amines) is 1. The van der Waals surface area contributed by atoms with Gasteiger partial charge in [-0.05, 0) is 23.3 Å². The van der Waals surface area contributed by atoms with E-state index in [0.29, 0.717) is 6.54 Å². The molecule has 0 aromatic heterocycles. The van der Waals surface area contributed by atoms with Gasteiger partial charge in [-0.25, -0.2) is 4.39 Å². The molecule has 3 rings (SSSR count). The van der Waals surface area contributed by atoms with Gasteiger partial charge in [0.2, 0.25) is 5.91 Å². The first-order valence-electron chi connectivity index (χ1n) is 6.52. The van der Waals surface area contributed by atoms with Gasteiger partial charge in [-0.3, -0.25) is 4.79 Å². The van der Waals surface area contributed by atoms with Crippen LogP contribution in [-0.4, -0.2) is 16.8 Å². The highest BCUT2D eigenvalue weighted by molar-refractivity contribution is 5.89. The van der Waals surface area contributed by atoms with Crippen molar-refractivity contribution < 1.29 is 9.18 Å². The summed E-state index contributed by atoms with van der Waals surface area (Å²) in [6, 6.07) is 15.3. The molecule has 0 spiro atoms. The van der Waals surface area contributed by atoms with Gasteiger partial charge in [0.1, 0.15) is 11.9 Å². The Bertz CT molecular complexity index is 612. The number of rotatable bonds is 3. The second kappa shape index (κ2) is 5.06. The average molecular weight is 270 g/mol. The number of hydrogen-bond donors (Lipinski definition) is 1. The summed E-state index contributed by atoms with van der Waals surface area (Å²) in [6.07, 6.45) is 0. The lowest BCUT2D eigenvalue weighted by Gasteiger charge is -2.45. The number of benzene rings is 2. The fourth-order valence-corrected chi connectivity index (χ4v) is 2.58. The number of nitrogens with two attached hydrogens (primary N) is 1. The minimum absolute atomic E-state index is 0.0665. The van der Waals surface area contributed by atoms with Crippen LogP contribution >= 0.6 is 0 Å². The highest BCUT2D eigenvalue weighted by Crippen LogP contribution is 2.34. The van der Waals surface area contributed by atoms with Crippen LogP contribution in [0.1, 0.15) is 17.2 Å².